The first-order chi connectivity index (χ1) is 8.16. The molecular weight excluding hydrogens is 220 g/mol. The largest absolute Gasteiger partial charge is 0.467 e. The zero-order valence-corrected chi connectivity index (χ0v) is 9.47. The Morgan fingerprint density at radius 2 is 2.29 bits per heavy atom. The monoisotopic (exact) mass is 234 g/mol. The van der Waals surface area contributed by atoms with E-state index in [4.69, 9.17) is 14.6 Å². The molecule has 0 aliphatic carbocycles. The molecule has 90 valence electrons. The molecule has 17 heavy (non-hydrogen) atoms. The number of hydrogen-bond acceptors (Lipinski definition) is 4. The Morgan fingerprint density at radius 3 is 2.88 bits per heavy atom. The number of nitrogens with two attached hydrogens (primary N) is 1. The SMILES string of the molecule is CC(N)c1ccc(C(=O)NCc2ccco2)o1. The van der Waals surface area contributed by atoms with Crippen LogP contribution in [-0.4, -0.2) is 5.91 Å². The number of carbonyl (C=O) groups excluding carboxylic acids is 1. The Balaban J connectivity index is 1.95. The van der Waals surface area contributed by atoms with Crippen LogP contribution in [0.25, 0.3) is 0 Å². The van der Waals surface area contributed by atoms with Crippen molar-refractivity contribution in [2.45, 2.75) is 19.5 Å². The van der Waals surface area contributed by atoms with Gasteiger partial charge in [0.25, 0.3) is 5.91 Å². The van der Waals surface area contributed by atoms with Crippen molar-refractivity contribution in [2.24, 2.45) is 5.73 Å². The van der Waals surface area contributed by atoms with E-state index in [1.54, 1.807) is 37.5 Å². The summed E-state index contributed by atoms with van der Waals surface area (Å²) in [5.41, 5.74) is 5.64. The normalized spacial score (nSPS) is 12.4. The van der Waals surface area contributed by atoms with Crippen LogP contribution < -0.4 is 11.1 Å². The first kappa shape index (κ1) is 11.5. The third-order valence-electron chi connectivity index (χ3n) is 2.30. The number of furan rings is 2. The Labute approximate surface area is 98.6 Å². The Kier molecular flexibility index (Phi) is 3.30. The minimum atomic E-state index is -0.284. The van der Waals surface area contributed by atoms with Crippen molar-refractivity contribution in [1.82, 2.24) is 5.32 Å². The Bertz CT molecular complexity index is 486. The van der Waals surface area contributed by atoms with Crippen LogP contribution in [-0.2, 0) is 6.54 Å². The minimum Gasteiger partial charge on any atom is -0.467 e. The van der Waals surface area contributed by atoms with Crippen LogP contribution in [0.5, 0.6) is 0 Å². The van der Waals surface area contributed by atoms with Crippen LogP contribution in [0.1, 0.15) is 35.0 Å². The van der Waals surface area contributed by atoms with E-state index < -0.39 is 0 Å². The topological polar surface area (TPSA) is 81.4 Å². The summed E-state index contributed by atoms with van der Waals surface area (Å²) in [5.74, 6) is 1.25. The van der Waals surface area contributed by atoms with Gasteiger partial charge in [-0.05, 0) is 31.2 Å². The van der Waals surface area contributed by atoms with E-state index in [2.05, 4.69) is 5.32 Å². The highest BCUT2D eigenvalue weighted by molar-refractivity contribution is 5.91. The Morgan fingerprint density at radius 1 is 1.47 bits per heavy atom. The molecule has 0 aliphatic heterocycles. The molecule has 0 bridgehead atoms. The van der Waals surface area contributed by atoms with Gasteiger partial charge in [0.05, 0.1) is 18.8 Å². The van der Waals surface area contributed by atoms with Gasteiger partial charge in [0.2, 0.25) is 0 Å². The third kappa shape index (κ3) is 2.76. The smallest absolute Gasteiger partial charge is 0.287 e. The number of amides is 1. The van der Waals surface area contributed by atoms with Gasteiger partial charge in [0.1, 0.15) is 11.5 Å². The summed E-state index contributed by atoms with van der Waals surface area (Å²) in [5, 5.41) is 2.69. The van der Waals surface area contributed by atoms with Crippen molar-refractivity contribution >= 4 is 5.91 Å². The summed E-state index contributed by atoms with van der Waals surface area (Å²) < 4.78 is 10.4. The Hall–Kier alpha value is -2.01. The molecule has 2 rings (SSSR count). The van der Waals surface area contributed by atoms with Crippen LogP contribution in [0.3, 0.4) is 0 Å². The van der Waals surface area contributed by atoms with Crippen molar-refractivity contribution < 1.29 is 13.6 Å². The van der Waals surface area contributed by atoms with Gasteiger partial charge < -0.3 is 19.9 Å². The fourth-order valence-corrected chi connectivity index (χ4v) is 1.39. The van der Waals surface area contributed by atoms with E-state index in [1.807, 2.05) is 0 Å². The molecule has 2 aromatic rings. The van der Waals surface area contributed by atoms with Crippen LogP contribution in [0.4, 0.5) is 0 Å². The molecule has 0 spiro atoms. The molecule has 1 atom stereocenters. The van der Waals surface area contributed by atoms with Gasteiger partial charge in [-0.2, -0.15) is 0 Å². The fraction of sp³-hybridized carbons (Fsp3) is 0.250. The van der Waals surface area contributed by atoms with Crippen molar-refractivity contribution in [3.63, 3.8) is 0 Å². The summed E-state index contributed by atoms with van der Waals surface area (Å²) in [4.78, 5) is 11.7. The predicted molar refractivity (Wildman–Crippen MR) is 61.2 cm³/mol. The first-order valence-corrected chi connectivity index (χ1v) is 5.32. The van der Waals surface area contributed by atoms with Crippen molar-refractivity contribution in [2.75, 3.05) is 0 Å². The van der Waals surface area contributed by atoms with E-state index in [-0.39, 0.29) is 17.7 Å². The number of rotatable bonds is 4. The lowest BCUT2D eigenvalue weighted by atomic mass is 10.3. The van der Waals surface area contributed by atoms with Gasteiger partial charge in [-0.25, -0.2) is 0 Å². The lowest BCUT2D eigenvalue weighted by Gasteiger charge is -2.01. The molecule has 3 N–H and O–H groups in total. The second-order valence-electron chi connectivity index (χ2n) is 3.75. The average molecular weight is 234 g/mol. The van der Waals surface area contributed by atoms with E-state index in [0.29, 0.717) is 18.1 Å². The molecule has 5 heteroatoms. The van der Waals surface area contributed by atoms with Gasteiger partial charge in [0, 0.05) is 0 Å². The summed E-state index contributed by atoms with van der Waals surface area (Å²) in [7, 11) is 0. The molecular formula is C12H14N2O3. The molecule has 0 saturated carbocycles. The van der Waals surface area contributed by atoms with Crippen LogP contribution in [0.15, 0.2) is 39.4 Å². The van der Waals surface area contributed by atoms with Crippen LogP contribution in [0.2, 0.25) is 0 Å². The standard InChI is InChI=1S/C12H14N2O3/c1-8(13)10-4-5-11(17-10)12(15)14-7-9-3-2-6-16-9/h2-6,8H,7,13H2,1H3,(H,14,15). The van der Waals surface area contributed by atoms with E-state index in [1.165, 1.54) is 0 Å². The average Bonchev–Trinajstić information content (AvgIpc) is 2.96. The van der Waals surface area contributed by atoms with Crippen molar-refractivity contribution in [1.29, 1.82) is 0 Å². The van der Waals surface area contributed by atoms with Gasteiger partial charge in [-0.1, -0.05) is 0 Å². The summed E-state index contributed by atoms with van der Waals surface area (Å²) in [6.45, 7) is 2.13. The molecule has 0 radical (unpaired) electrons. The maximum atomic E-state index is 11.7. The highest BCUT2D eigenvalue weighted by Crippen LogP contribution is 2.14. The van der Waals surface area contributed by atoms with E-state index in [9.17, 15) is 4.79 Å². The first-order valence-electron chi connectivity index (χ1n) is 5.32. The summed E-state index contributed by atoms with van der Waals surface area (Å²) >= 11 is 0. The van der Waals surface area contributed by atoms with Crippen molar-refractivity contribution in [3.05, 3.63) is 47.8 Å². The molecule has 0 aliphatic rings. The van der Waals surface area contributed by atoms with Crippen molar-refractivity contribution in [3.8, 4) is 0 Å². The van der Waals surface area contributed by atoms with Crippen LogP contribution in [0, 0.1) is 0 Å². The molecule has 0 saturated heterocycles. The molecule has 5 nitrogen and oxygen atoms in total. The molecule has 0 aromatic carbocycles. The zero-order chi connectivity index (χ0) is 12.3. The second-order valence-corrected chi connectivity index (χ2v) is 3.75. The number of nitrogens with one attached hydrogen (secondary N) is 1. The lowest BCUT2D eigenvalue weighted by Crippen LogP contribution is -2.22. The molecule has 1 amide bonds. The number of carbonyl (C=O) groups is 1. The van der Waals surface area contributed by atoms with Gasteiger partial charge >= 0.3 is 0 Å². The predicted octanol–water partition coefficient (Wildman–Crippen LogP) is 1.82. The van der Waals surface area contributed by atoms with E-state index >= 15 is 0 Å². The molecule has 1 unspecified atom stereocenters. The van der Waals surface area contributed by atoms with Gasteiger partial charge in [-0.15, -0.1) is 0 Å². The molecule has 2 aromatic heterocycles. The quantitative estimate of drug-likeness (QED) is 0.845. The minimum absolute atomic E-state index is 0.221. The highest BCUT2D eigenvalue weighted by atomic mass is 16.4. The number of hydrogen-bond donors (Lipinski definition) is 2. The summed E-state index contributed by atoms with van der Waals surface area (Å²) in [6, 6.07) is 6.64. The molecule has 2 heterocycles. The highest BCUT2D eigenvalue weighted by Gasteiger charge is 2.12. The zero-order valence-electron chi connectivity index (χ0n) is 9.47. The maximum Gasteiger partial charge on any atom is 0.287 e. The van der Waals surface area contributed by atoms with Gasteiger partial charge in [-0.3, -0.25) is 4.79 Å². The van der Waals surface area contributed by atoms with Gasteiger partial charge in [0.15, 0.2) is 5.76 Å². The fourth-order valence-electron chi connectivity index (χ4n) is 1.39. The third-order valence-corrected chi connectivity index (χ3v) is 2.30. The second kappa shape index (κ2) is 4.88. The summed E-state index contributed by atoms with van der Waals surface area (Å²) in [6.07, 6.45) is 1.56. The van der Waals surface area contributed by atoms with Crippen LogP contribution >= 0.6 is 0 Å². The molecule has 0 fully saturated rings. The van der Waals surface area contributed by atoms with E-state index in [0.717, 1.165) is 0 Å². The maximum absolute atomic E-state index is 11.7. The lowest BCUT2D eigenvalue weighted by molar-refractivity contribution is 0.0918.